The van der Waals surface area contributed by atoms with Crippen LogP contribution in [0.1, 0.15) is 13.3 Å². The van der Waals surface area contributed by atoms with E-state index in [2.05, 4.69) is 27.8 Å². The maximum atomic E-state index is 11.9. The van der Waals surface area contributed by atoms with Gasteiger partial charge in [-0.3, -0.25) is 4.79 Å². The molecule has 1 aliphatic heterocycles. The molecule has 0 spiro atoms. The number of carbonyl (C=O) groups excluding carboxylic acids is 1. The molecular weight excluding hydrogens is 503 g/mol. The number of halogens is 1. The molecule has 1 amide bonds. The normalized spacial score (nSPS) is 17.3. The van der Waals surface area contributed by atoms with E-state index in [0.717, 1.165) is 25.3 Å². The molecule has 29 heavy (non-hydrogen) atoms. The van der Waals surface area contributed by atoms with E-state index in [1.54, 1.807) is 30.8 Å². The van der Waals surface area contributed by atoms with Crippen LogP contribution in [0.2, 0.25) is 0 Å². The van der Waals surface area contributed by atoms with Crippen molar-refractivity contribution in [2.45, 2.75) is 30.4 Å². The first-order chi connectivity index (χ1) is 13.5. The number of aliphatic imine (C=N–C) groups is 1. The number of hydrogen-bond acceptors (Lipinski definition) is 5. The lowest BCUT2D eigenvalue weighted by Crippen LogP contribution is -2.45. The molecule has 1 aromatic carbocycles. The van der Waals surface area contributed by atoms with Crippen LogP contribution in [-0.4, -0.2) is 81.7 Å². The minimum Gasteiger partial charge on any atom is -0.379 e. The lowest BCUT2D eigenvalue weighted by Gasteiger charge is -2.20. The Morgan fingerprint density at radius 3 is 2.79 bits per heavy atom. The Balaban J connectivity index is 0.00000420. The van der Waals surface area contributed by atoms with E-state index < -0.39 is 0 Å². The first-order valence-electron chi connectivity index (χ1n) is 9.67. The topological polar surface area (TPSA) is 75.2 Å². The second-order valence-electron chi connectivity index (χ2n) is 6.91. The summed E-state index contributed by atoms with van der Waals surface area (Å²) in [5.74, 6) is 1.49. The standard InChI is InChI=1S/C20H32N4O3S.HI/c1-16(14-27-17-9-11-26-15-17)23-20(22-13-19(25)24(2)3)21-10-12-28-18-7-5-4-6-8-18;/h4-8,16-17H,9-15H2,1-3H3,(H2,21,22,23);1H. The van der Waals surface area contributed by atoms with Gasteiger partial charge in [-0.05, 0) is 25.5 Å². The molecule has 2 N–H and O–H groups in total. The highest BCUT2D eigenvalue weighted by Gasteiger charge is 2.17. The van der Waals surface area contributed by atoms with E-state index >= 15 is 0 Å². The molecule has 0 radical (unpaired) electrons. The van der Waals surface area contributed by atoms with Crippen molar-refractivity contribution in [3.8, 4) is 0 Å². The van der Waals surface area contributed by atoms with Gasteiger partial charge >= 0.3 is 0 Å². The Bertz CT molecular complexity index is 613. The third-order valence-electron chi connectivity index (χ3n) is 4.13. The van der Waals surface area contributed by atoms with E-state index in [0.29, 0.717) is 19.2 Å². The number of benzene rings is 1. The van der Waals surface area contributed by atoms with Crippen LogP contribution in [0.5, 0.6) is 0 Å². The van der Waals surface area contributed by atoms with Crippen LogP contribution in [0.4, 0.5) is 0 Å². The first-order valence-corrected chi connectivity index (χ1v) is 10.7. The second kappa shape index (κ2) is 14.9. The molecule has 1 saturated heterocycles. The first kappa shape index (κ1) is 26.0. The number of guanidine groups is 1. The average molecular weight is 536 g/mol. The van der Waals surface area contributed by atoms with E-state index in [-0.39, 0.29) is 48.6 Å². The SMILES string of the molecule is CC(COC1CCOC1)NC(=NCC(=O)N(C)C)NCCSc1ccccc1.I. The van der Waals surface area contributed by atoms with E-state index in [1.807, 2.05) is 25.1 Å². The van der Waals surface area contributed by atoms with Crippen LogP contribution in [0.15, 0.2) is 40.2 Å². The predicted molar refractivity (Wildman–Crippen MR) is 129 cm³/mol. The molecule has 164 valence electrons. The molecule has 1 fully saturated rings. The number of nitrogens with zero attached hydrogens (tertiary/aromatic N) is 2. The van der Waals surface area contributed by atoms with Crippen LogP contribution in [0.3, 0.4) is 0 Å². The molecule has 0 saturated carbocycles. The molecule has 1 aromatic rings. The van der Waals surface area contributed by atoms with Crippen LogP contribution < -0.4 is 10.6 Å². The van der Waals surface area contributed by atoms with E-state index in [1.165, 1.54) is 4.90 Å². The number of likely N-dealkylation sites (N-methyl/N-ethyl adjacent to an activating group) is 1. The largest absolute Gasteiger partial charge is 0.379 e. The molecule has 2 atom stereocenters. The molecule has 2 rings (SSSR count). The van der Waals surface area contributed by atoms with Gasteiger partial charge in [0, 0.05) is 43.9 Å². The summed E-state index contributed by atoms with van der Waals surface area (Å²) >= 11 is 1.78. The highest BCUT2D eigenvalue weighted by molar-refractivity contribution is 14.0. The van der Waals surface area contributed by atoms with Gasteiger partial charge < -0.3 is 25.0 Å². The maximum Gasteiger partial charge on any atom is 0.243 e. The monoisotopic (exact) mass is 536 g/mol. The predicted octanol–water partition coefficient (Wildman–Crippen LogP) is 2.21. The van der Waals surface area contributed by atoms with Gasteiger partial charge in [-0.2, -0.15) is 0 Å². The van der Waals surface area contributed by atoms with Crippen LogP contribution in [0.25, 0.3) is 0 Å². The van der Waals surface area contributed by atoms with E-state index in [4.69, 9.17) is 9.47 Å². The van der Waals surface area contributed by atoms with Crippen molar-refractivity contribution in [2.24, 2.45) is 4.99 Å². The molecule has 1 aliphatic rings. The number of thioether (sulfide) groups is 1. The smallest absolute Gasteiger partial charge is 0.243 e. The Hall–Kier alpha value is -1.04. The van der Waals surface area contributed by atoms with E-state index in [9.17, 15) is 4.79 Å². The zero-order valence-electron chi connectivity index (χ0n) is 17.4. The summed E-state index contributed by atoms with van der Waals surface area (Å²) in [4.78, 5) is 19.1. The summed E-state index contributed by atoms with van der Waals surface area (Å²) in [6.07, 6.45) is 1.12. The Labute approximate surface area is 195 Å². The Morgan fingerprint density at radius 2 is 2.14 bits per heavy atom. The van der Waals surface area contributed by atoms with Crippen molar-refractivity contribution in [3.05, 3.63) is 30.3 Å². The van der Waals surface area contributed by atoms with Crippen molar-refractivity contribution in [2.75, 3.05) is 52.8 Å². The third-order valence-corrected chi connectivity index (χ3v) is 5.14. The van der Waals surface area contributed by atoms with Gasteiger partial charge in [-0.1, -0.05) is 18.2 Å². The van der Waals surface area contributed by atoms with Crippen molar-refractivity contribution in [3.63, 3.8) is 0 Å². The number of rotatable bonds is 10. The molecule has 0 aliphatic carbocycles. The molecule has 0 aromatic heterocycles. The van der Waals surface area contributed by atoms with Gasteiger partial charge in [-0.15, -0.1) is 35.7 Å². The molecule has 7 nitrogen and oxygen atoms in total. The van der Waals surface area contributed by atoms with Crippen molar-refractivity contribution < 1.29 is 14.3 Å². The lowest BCUT2D eigenvalue weighted by atomic mass is 10.3. The average Bonchev–Trinajstić information content (AvgIpc) is 3.21. The fourth-order valence-corrected chi connectivity index (χ4v) is 3.28. The number of carbonyl (C=O) groups is 1. The van der Waals surface area contributed by atoms with Crippen molar-refractivity contribution >= 4 is 47.6 Å². The lowest BCUT2D eigenvalue weighted by molar-refractivity contribution is -0.127. The molecular formula is C20H33IN4O3S. The van der Waals surface area contributed by atoms with Gasteiger partial charge in [-0.25, -0.2) is 4.99 Å². The number of hydrogen-bond donors (Lipinski definition) is 2. The summed E-state index contributed by atoms with van der Waals surface area (Å²) in [6.45, 7) is 4.89. The van der Waals surface area contributed by atoms with Crippen molar-refractivity contribution in [1.82, 2.24) is 15.5 Å². The fraction of sp³-hybridized carbons (Fsp3) is 0.600. The second-order valence-corrected chi connectivity index (χ2v) is 8.07. The van der Waals surface area contributed by atoms with Crippen LogP contribution in [-0.2, 0) is 14.3 Å². The molecule has 1 heterocycles. The quantitative estimate of drug-likeness (QED) is 0.157. The molecule has 9 heteroatoms. The number of amides is 1. The van der Waals surface area contributed by atoms with Gasteiger partial charge in [0.05, 0.1) is 19.3 Å². The summed E-state index contributed by atoms with van der Waals surface area (Å²) in [5, 5.41) is 6.64. The highest BCUT2D eigenvalue weighted by atomic mass is 127. The summed E-state index contributed by atoms with van der Waals surface area (Å²) < 4.78 is 11.2. The summed E-state index contributed by atoms with van der Waals surface area (Å²) in [7, 11) is 3.46. The molecule has 2 unspecified atom stereocenters. The number of ether oxygens (including phenoxy) is 2. The van der Waals surface area contributed by atoms with Crippen molar-refractivity contribution in [1.29, 1.82) is 0 Å². The van der Waals surface area contributed by atoms with Gasteiger partial charge in [0.1, 0.15) is 6.54 Å². The Morgan fingerprint density at radius 1 is 1.38 bits per heavy atom. The third kappa shape index (κ3) is 11.1. The minimum atomic E-state index is -0.0354. The number of nitrogens with one attached hydrogen (secondary N) is 2. The minimum absolute atomic E-state index is 0. The van der Waals surface area contributed by atoms with Crippen LogP contribution in [0, 0.1) is 0 Å². The zero-order valence-corrected chi connectivity index (χ0v) is 20.6. The molecule has 0 bridgehead atoms. The van der Waals surface area contributed by atoms with Crippen LogP contribution >= 0.6 is 35.7 Å². The van der Waals surface area contributed by atoms with Gasteiger partial charge in [0.25, 0.3) is 0 Å². The van der Waals surface area contributed by atoms with Gasteiger partial charge in [0.2, 0.25) is 5.91 Å². The maximum absolute atomic E-state index is 11.9. The van der Waals surface area contributed by atoms with Gasteiger partial charge in [0.15, 0.2) is 5.96 Å². The Kier molecular flexibility index (Phi) is 13.3. The zero-order chi connectivity index (χ0) is 20.2. The summed E-state index contributed by atoms with van der Waals surface area (Å²) in [5.41, 5.74) is 0. The summed E-state index contributed by atoms with van der Waals surface area (Å²) in [6, 6.07) is 10.4. The highest BCUT2D eigenvalue weighted by Crippen LogP contribution is 2.15. The fourth-order valence-electron chi connectivity index (χ4n) is 2.50.